The summed E-state index contributed by atoms with van der Waals surface area (Å²) in [6.07, 6.45) is 0.921. The van der Waals surface area contributed by atoms with E-state index in [2.05, 4.69) is 6.92 Å². The summed E-state index contributed by atoms with van der Waals surface area (Å²) in [7, 11) is 0. The molecule has 0 fully saturated rings. The first-order valence-corrected chi connectivity index (χ1v) is 5.53. The van der Waals surface area contributed by atoms with Gasteiger partial charge in [0.15, 0.2) is 11.4 Å². The highest BCUT2D eigenvalue weighted by molar-refractivity contribution is 5.94. The smallest absolute Gasteiger partial charge is 0.172 e. The Hall–Kier alpha value is -1.51. The molecule has 2 N–H and O–H groups in total. The number of rotatable bonds is 2. The summed E-state index contributed by atoms with van der Waals surface area (Å²) in [5.74, 6) is 0.568. The summed E-state index contributed by atoms with van der Waals surface area (Å²) in [6.45, 7) is 6.00. The number of nitrogens with two attached hydrogens (primary N) is 1. The van der Waals surface area contributed by atoms with E-state index in [1.165, 1.54) is 6.07 Å². The van der Waals surface area contributed by atoms with Gasteiger partial charge in [-0.3, -0.25) is 0 Å². The van der Waals surface area contributed by atoms with Crippen molar-refractivity contribution in [2.45, 2.75) is 33.1 Å². The van der Waals surface area contributed by atoms with Gasteiger partial charge in [0, 0.05) is 11.3 Å². The molecular formula is C13H16FNO. The Morgan fingerprint density at radius 1 is 1.44 bits per heavy atom. The number of hydrogen-bond acceptors (Lipinski definition) is 2. The van der Waals surface area contributed by atoms with Crippen LogP contribution in [-0.2, 0) is 0 Å². The van der Waals surface area contributed by atoms with Crippen molar-refractivity contribution in [1.29, 1.82) is 0 Å². The van der Waals surface area contributed by atoms with Gasteiger partial charge in [-0.05, 0) is 25.0 Å². The molecule has 0 saturated carbocycles. The normalized spacial score (nSPS) is 13.2. The van der Waals surface area contributed by atoms with Crippen LogP contribution in [0, 0.1) is 12.7 Å². The minimum atomic E-state index is -0.346. The van der Waals surface area contributed by atoms with Gasteiger partial charge in [0.05, 0.1) is 5.69 Å². The summed E-state index contributed by atoms with van der Waals surface area (Å²) in [6, 6.07) is 3.14. The summed E-state index contributed by atoms with van der Waals surface area (Å²) >= 11 is 0. The molecule has 1 aromatic heterocycles. The van der Waals surface area contributed by atoms with Crippen molar-refractivity contribution in [3.63, 3.8) is 0 Å². The zero-order valence-corrected chi connectivity index (χ0v) is 9.80. The predicted molar refractivity (Wildman–Crippen MR) is 64.0 cm³/mol. The minimum absolute atomic E-state index is 0.214. The zero-order valence-electron chi connectivity index (χ0n) is 9.80. The molecule has 1 aromatic carbocycles. The molecular weight excluding hydrogens is 205 g/mol. The van der Waals surface area contributed by atoms with Crippen LogP contribution < -0.4 is 5.73 Å². The van der Waals surface area contributed by atoms with Gasteiger partial charge in [-0.25, -0.2) is 4.39 Å². The molecule has 0 aliphatic rings. The van der Waals surface area contributed by atoms with E-state index in [0.717, 1.165) is 17.4 Å². The highest BCUT2D eigenvalue weighted by Gasteiger charge is 2.19. The van der Waals surface area contributed by atoms with Crippen molar-refractivity contribution in [3.05, 3.63) is 29.3 Å². The Morgan fingerprint density at radius 2 is 2.12 bits per heavy atom. The highest BCUT2D eigenvalue weighted by atomic mass is 19.1. The van der Waals surface area contributed by atoms with Gasteiger partial charge >= 0.3 is 0 Å². The lowest BCUT2D eigenvalue weighted by Gasteiger charge is -2.04. The van der Waals surface area contributed by atoms with Crippen LogP contribution in [0.4, 0.5) is 10.1 Å². The Balaban J connectivity index is 2.77. The van der Waals surface area contributed by atoms with Crippen LogP contribution in [0.15, 0.2) is 16.5 Å². The molecule has 0 aliphatic heterocycles. The highest BCUT2D eigenvalue weighted by Crippen LogP contribution is 2.37. The van der Waals surface area contributed by atoms with Gasteiger partial charge in [0.25, 0.3) is 0 Å². The molecule has 1 atom stereocenters. The third kappa shape index (κ3) is 1.47. The maximum Gasteiger partial charge on any atom is 0.172 e. The molecule has 2 nitrogen and oxygen atoms in total. The van der Waals surface area contributed by atoms with Crippen molar-refractivity contribution in [2.24, 2.45) is 0 Å². The summed E-state index contributed by atoms with van der Waals surface area (Å²) in [5, 5.41) is 0.718. The molecule has 0 saturated heterocycles. The molecule has 1 unspecified atom stereocenters. The zero-order chi connectivity index (χ0) is 11.9. The fourth-order valence-corrected chi connectivity index (χ4v) is 1.93. The Labute approximate surface area is 94.2 Å². The molecule has 0 radical (unpaired) electrons. The molecule has 0 bridgehead atoms. The van der Waals surface area contributed by atoms with E-state index < -0.39 is 0 Å². The Kier molecular flexibility index (Phi) is 2.62. The van der Waals surface area contributed by atoms with Crippen molar-refractivity contribution in [2.75, 3.05) is 5.73 Å². The molecule has 0 spiro atoms. The first-order valence-electron chi connectivity index (χ1n) is 5.53. The van der Waals surface area contributed by atoms with Gasteiger partial charge in [-0.1, -0.05) is 19.9 Å². The first-order chi connectivity index (χ1) is 7.56. The molecule has 0 amide bonds. The van der Waals surface area contributed by atoms with Crippen molar-refractivity contribution < 1.29 is 8.81 Å². The summed E-state index contributed by atoms with van der Waals surface area (Å²) < 4.78 is 19.1. The monoisotopic (exact) mass is 221 g/mol. The van der Waals surface area contributed by atoms with Gasteiger partial charge in [0.2, 0.25) is 0 Å². The van der Waals surface area contributed by atoms with E-state index >= 15 is 0 Å². The van der Waals surface area contributed by atoms with Crippen LogP contribution in [0.5, 0.6) is 0 Å². The van der Waals surface area contributed by atoms with Crippen LogP contribution in [-0.4, -0.2) is 0 Å². The summed E-state index contributed by atoms with van der Waals surface area (Å²) in [4.78, 5) is 0. The molecule has 86 valence electrons. The van der Waals surface area contributed by atoms with E-state index in [1.807, 2.05) is 13.8 Å². The topological polar surface area (TPSA) is 39.2 Å². The number of benzene rings is 1. The standard InChI is InChI=1S/C13H16FNO/c1-4-7(2)12-11(15)10-8(3)5-6-9(14)13(10)16-12/h5-7H,4,15H2,1-3H3. The van der Waals surface area contributed by atoms with Crippen molar-refractivity contribution >= 4 is 16.7 Å². The van der Waals surface area contributed by atoms with Crippen LogP contribution in [0.2, 0.25) is 0 Å². The SMILES string of the molecule is CCC(C)c1oc2c(F)ccc(C)c2c1N. The number of anilines is 1. The van der Waals surface area contributed by atoms with E-state index in [1.54, 1.807) is 6.07 Å². The van der Waals surface area contributed by atoms with Gasteiger partial charge in [-0.15, -0.1) is 0 Å². The largest absolute Gasteiger partial charge is 0.455 e. The maximum atomic E-state index is 13.6. The van der Waals surface area contributed by atoms with Gasteiger partial charge in [0.1, 0.15) is 5.76 Å². The lowest BCUT2D eigenvalue weighted by Crippen LogP contribution is -1.94. The molecule has 2 aromatic rings. The number of hydrogen-bond donors (Lipinski definition) is 1. The molecule has 0 aliphatic carbocycles. The van der Waals surface area contributed by atoms with Crippen molar-refractivity contribution in [1.82, 2.24) is 0 Å². The number of fused-ring (bicyclic) bond motifs is 1. The third-order valence-corrected chi connectivity index (χ3v) is 3.12. The predicted octanol–water partition coefficient (Wildman–Crippen LogP) is 3.98. The van der Waals surface area contributed by atoms with E-state index in [9.17, 15) is 4.39 Å². The van der Waals surface area contributed by atoms with Gasteiger partial charge in [-0.2, -0.15) is 0 Å². The molecule has 2 rings (SSSR count). The maximum absolute atomic E-state index is 13.6. The van der Waals surface area contributed by atoms with Gasteiger partial charge < -0.3 is 10.2 Å². The van der Waals surface area contributed by atoms with Crippen molar-refractivity contribution in [3.8, 4) is 0 Å². The number of halogens is 1. The van der Waals surface area contributed by atoms with Crippen LogP contribution in [0.3, 0.4) is 0 Å². The van der Waals surface area contributed by atoms with Crippen LogP contribution in [0.25, 0.3) is 11.0 Å². The lowest BCUT2D eigenvalue weighted by molar-refractivity contribution is 0.484. The Bertz CT molecular complexity index is 530. The Morgan fingerprint density at radius 3 is 2.69 bits per heavy atom. The van der Waals surface area contributed by atoms with E-state index in [4.69, 9.17) is 10.2 Å². The lowest BCUT2D eigenvalue weighted by atomic mass is 10.0. The van der Waals surface area contributed by atoms with Crippen LogP contribution >= 0.6 is 0 Å². The average molecular weight is 221 g/mol. The third-order valence-electron chi connectivity index (χ3n) is 3.12. The second-order valence-corrected chi connectivity index (χ2v) is 4.26. The molecule has 1 heterocycles. The summed E-state index contributed by atoms with van der Waals surface area (Å²) in [5.41, 5.74) is 7.85. The minimum Gasteiger partial charge on any atom is -0.455 e. The quantitative estimate of drug-likeness (QED) is 0.833. The first kappa shape index (κ1) is 11.0. The molecule has 16 heavy (non-hydrogen) atoms. The van der Waals surface area contributed by atoms with E-state index in [-0.39, 0.29) is 17.3 Å². The molecule has 3 heteroatoms. The number of furan rings is 1. The number of nitrogen functional groups attached to an aromatic ring is 1. The average Bonchev–Trinajstić information content (AvgIpc) is 2.62. The second kappa shape index (κ2) is 3.81. The van der Waals surface area contributed by atoms with E-state index in [0.29, 0.717) is 11.4 Å². The fraction of sp³-hybridized carbons (Fsp3) is 0.385. The second-order valence-electron chi connectivity index (χ2n) is 4.26. The fourth-order valence-electron chi connectivity index (χ4n) is 1.93. The van der Waals surface area contributed by atoms with Crippen LogP contribution in [0.1, 0.15) is 37.5 Å². The number of aryl methyl sites for hydroxylation is 1.